The molecule has 0 bridgehead atoms. The van der Waals surface area contributed by atoms with Crippen molar-refractivity contribution in [2.45, 2.75) is 32.5 Å². The van der Waals surface area contributed by atoms with Crippen LogP contribution >= 0.6 is 11.8 Å². The molecule has 1 aromatic heterocycles. The van der Waals surface area contributed by atoms with E-state index in [-0.39, 0.29) is 5.91 Å². The van der Waals surface area contributed by atoms with E-state index in [1.54, 1.807) is 0 Å². The predicted octanol–water partition coefficient (Wildman–Crippen LogP) is 2.48. The highest BCUT2D eigenvalue weighted by molar-refractivity contribution is 7.99. The zero-order valence-electron chi connectivity index (χ0n) is 15.5. The number of rotatable bonds is 6. The highest BCUT2D eigenvalue weighted by Crippen LogP contribution is 2.23. The van der Waals surface area contributed by atoms with Gasteiger partial charge < -0.3 is 15.0 Å². The molecule has 1 aliphatic heterocycles. The molecule has 1 saturated heterocycles. The zero-order valence-corrected chi connectivity index (χ0v) is 16.3. The molecule has 2 heterocycles. The summed E-state index contributed by atoms with van der Waals surface area (Å²) in [6.07, 6.45) is 0. The fourth-order valence-corrected chi connectivity index (χ4v) is 3.66. The number of aryl methyl sites for hydroxylation is 1. The maximum atomic E-state index is 12.3. The van der Waals surface area contributed by atoms with E-state index in [1.165, 1.54) is 11.8 Å². The molecule has 0 atom stereocenters. The Morgan fingerprint density at radius 2 is 2.04 bits per heavy atom. The highest BCUT2D eigenvalue weighted by atomic mass is 32.2. The normalized spacial score (nSPS) is 14.5. The van der Waals surface area contributed by atoms with Gasteiger partial charge in [0, 0.05) is 25.3 Å². The Kier molecular flexibility index (Phi) is 6.16. The quantitative estimate of drug-likeness (QED) is 0.782. The number of thioether (sulfide) groups is 1. The fourth-order valence-electron chi connectivity index (χ4n) is 2.86. The molecule has 0 aliphatic carbocycles. The number of anilines is 2. The molecule has 1 aliphatic rings. The van der Waals surface area contributed by atoms with Crippen LogP contribution in [0.5, 0.6) is 0 Å². The number of hydrogen-bond donors (Lipinski definition) is 1. The van der Waals surface area contributed by atoms with Crippen LogP contribution in [0.2, 0.25) is 0 Å². The Hall–Kier alpha value is -2.06. The first-order valence-electron chi connectivity index (χ1n) is 8.85. The SMILES string of the molecule is CCn1c(SCC(=O)Nc2cccc(C)c2C)nnc1N1CCOCC1. The summed E-state index contributed by atoms with van der Waals surface area (Å²) >= 11 is 1.41. The molecule has 1 amide bonds. The second-order valence-electron chi connectivity index (χ2n) is 6.21. The lowest BCUT2D eigenvalue weighted by Crippen LogP contribution is -2.38. The molecule has 7 nitrogen and oxygen atoms in total. The third-order valence-electron chi connectivity index (χ3n) is 4.52. The van der Waals surface area contributed by atoms with Gasteiger partial charge in [-0.25, -0.2) is 0 Å². The minimum absolute atomic E-state index is 0.0396. The Balaban J connectivity index is 1.63. The van der Waals surface area contributed by atoms with E-state index in [2.05, 4.69) is 31.9 Å². The Morgan fingerprint density at radius 1 is 1.27 bits per heavy atom. The molecule has 1 fully saturated rings. The zero-order chi connectivity index (χ0) is 18.5. The smallest absolute Gasteiger partial charge is 0.234 e. The molecule has 2 aromatic rings. The van der Waals surface area contributed by atoms with E-state index in [1.807, 2.05) is 32.0 Å². The van der Waals surface area contributed by atoms with Crippen LogP contribution in [0.1, 0.15) is 18.1 Å². The van der Waals surface area contributed by atoms with Crippen LogP contribution in [0.15, 0.2) is 23.4 Å². The largest absolute Gasteiger partial charge is 0.378 e. The van der Waals surface area contributed by atoms with Gasteiger partial charge in [-0.05, 0) is 38.0 Å². The van der Waals surface area contributed by atoms with Gasteiger partial charge in [0.2, 0.25) is 11.9 Å². The number of carbonyl (C=O) groups excluding carboxylic acids is 1. The molecule has 1 N–H and O–H groups in total. The van der Waals surface area contributed by atoms with Gasteiger partial charge in [0.05, 0.1) is 19.0 Å². The summed E-state index contributed by atoms with van der Waals surface area (Å²) in [5.41, 5.74) is 3.12. The molecule has 8 heteroatoms. The molecule has 0 unspecified atom stereocenters. The number of ether oxygens (including phenoxy) is 1. The predicted molar refractivity (Wildman–Crippen MR) is 104 cm³/mol. The third kappa shape index (κ3) is 4.19. The monoisotopic (exact) mass is 375 g/mol. The van der Waals surface area contributed by atoms with Crippen molar-refractivity contribution < 1.29 is 9.53 Å². The van der Waals surface area contributed by atoms with Gasteiger partial charge in [-0.3, -0.25) is 9.36 Å². The maximum absolute atomic E-state index is 12.3. The number of hydrogen-bond acceptors (Lipinski definition) is 6. The summed E-state index contributed by atoms with van der Waals surface area (Å²) in [5, 5.41) is 12.4. The maximum Gasteiger partial charge on any atom is 0.234 e. The summed E-state index contributed by atoms with van der Waals surface area (Å²) in [5.74, 6) is 1.12. The minimum Gasteiger partial charge on any atom is -0.378 e. The first-order valence-corrected chi connectivity index (χ1v) is 9.83. The van der Waals surface area contributed by atoms with Crippen molar-refractivity contribution in [3.8, 4) is 0 Å². The third-order valence-corrected chi connectivity index (χ3v) is 5.49. The molecule has 3 rings (SSSR count). The van der Waals surface area contributed by atoms with Gasteiger partial charge in [-0.2, -0.15) is 0 Å². The summed E-state index contributed by atoms with van der Waals surface area (Å²) in [7, 11) is 0. The Morgan fingerprint density at radius 3 is 2.77 bits per heavy atom. The van der Waals surface area contributed by atoms with E-state index >= 15 is 0 Å². The van der Waals surface area contributed by atoms with Gasteiger partial charge in [0.1, 0.15) is 0 Å². The van der Waals surface area contributed by atoms with Crippen molar-refractivity contribution in [1.82, 2.24) is 14.8 Å². The number of amides is 1. The number of nitrogens with one attached hydrogen (secondary N) is 1. The highest BCUT2D eigenvalue weighted by Gasteiger charge is 2.20. The van der Waals surface area contributed by atoms with E-state index in [0.717, 1.165) is 47.6 Å². The van der Waals surface area contributed by atoms with Crippen LogP contribution in [0.25, 0.3) is 0 Å². The second-order valence-corrected chi connectivity index (χ2v) is 7.15. The van der Waals surface area contributed by atoms with Crippen molar-refractivity contribution in [2.75, 3.05) is 42.3 Å². The molecule has 0 radical (unpaired) electrons. The van der Waals surface area contributed by atoms with Gasteiger partial charge >= 0.3 is 0 Å². The van der Waals surface area contributed by atoms with Crippen molar-refractivity contribution >= 4 is 29.3 Å². The second kappa shape index (κ2) is 8.55. The van der Waals surface area contributed by atoms with Crippen molar-refractivity contribution in [2.24, 2.45) is 0 Å². The molecular formula is C18H25N5O2S. The lowest BCUT2D eigenvalue weighted by Gasteiger charge is -2.27. The minimum atomic E-state index is -0.0396. The van der Waals surface area contributed by atoms with Crippen LogP contribution in [-0.2, 0) is 16.1 Å². The molecule has 140 valence electrons. The molecule has 0 spiro atoms. The first-order chi connectivity index (χ1) is 12.6. The number of carbonyl (C=O) groups is 1. The molecule has 26 heavy (non-hydrogen) atoms. The molecule has 0 saturated carbocycles. The van der Waals surface area contributed by atoms with E-state index in [4.69, 9.17) is 4.74 Å². The number of benzene rings is 1. The van der Waals surface area contributed by atoms with Crippen LogP contribution in [0.4, 0.5) is 11.6 Å². The number of nitrogens with zero attached hydrogens (tertiary/aromatic N) is 4. The van der Waals surface area contributed by atoms with Gasteiger partial charge in [-0.1, -0.05) is 23.9 Å². The lowest BCUT2D eigenvalue weighted by atomic mass is 10.1. The van der Waals surface area contributed by atoms with E-state index in [0.29, 0.717) is 19.0 Å². The van der Waals surface area contributed by atoms with E-state index in [9.17, 15) is 4.79 Å². The van der Waals surface area contributed by atoms with Gasteiger partial charge in [-0.15, -0.1) is 10.2 Å². The lowest BCUT2D eigenvalue weighted by molar-refractivity contribution is -0.113. The topological polar surface area (TPSA) is 72.3 Å². The molecule has 1 aromatic carbocycles. The summed E-state index contributed by atoms with van der Waals surface area (Å²) in [6, 6.07) is 5.92. The van der Waals surface area contributed by atoms with Crippen molar-refractivity contribution in [3.63, 3.8) is 0 Å². The Bertz CT molecular complexity index is 771. The first kappa shape index (κ1) is 18.7. The van der Waals surface area contributed by atoms with Gasteiger partial charge in [0.25, 0.3) is 0 Å². The van der Waals surface area contributed by atoms with Crippen LogP contribution in [0, 0.1) is 13.8 Å². The summed E-state index contributed by atoms with van der Waals surface area (Å²) in [6.45, 7) is 9.92. The van der Waals surface area contributed by atoms with Crippen LogP contribution in [-0.4, -0.2) is 52.7 Å². The standard InChI is InChI=1S/C18H25N5O2S/c1-4-23-17(22-8-10-25-11-9-22)20-21-18(23)26-12-16(24)19-15-7-5-6-13(2)14(15)3/h5-7H,4,8-12H2,1-3H3,(H,19,24). The van der Waals surface area contributed by atoms with Crippen LogP contribution in [0.3, 0.4) is 0 Å². The van der Waals surface area contributed by atoms with Gasteiger partial charge in [0.15, 0.2) is 5.16 Å². The average Bonchev–Trinajstić information content (AvgIpc) is 3.07. The average molecular weight is 375 g/mol. The molecular weight excluding hydrogens is 350 g/mol. The fraction of sp³-hybridized carbons (Fsp3) is 0.500. The number of morpholine rings is 1. The number of aromatic nitrogens is 3. The van der Waals surface area contributed by atoms with E-state index < -0.39 is 0 Å². The van der Waals surface area contributed by atoms with Crippen molar-refractivity contribution in [1.29, 1.82) is 0 Å². The summed E-state index contributed by atoms with van der Waals surface area (Å²) in [4.78, 5) is 14.5. The van der Waals surface area contributed by atoms with Crippen LogP contribution < -0.4 is 10.2 Å². The Labute approximate surface area is 158 Å². The van der Waals surface area contributed by atoms with Crippen molar-refractivity contribution in [3.05, 3.63) is 29.3 Å². The summed E-state index contributed by atoms with van der Waals surface area (Å²) < 4.78 is 7.45.